The minimum atomic E-state index is -0.971. The zero-order valence-electron chi connectivity index (χ0n) is 11.4. The highest BCUT2D eigenvalue weighted by Crippen LogP contribution is 2.24. The van der Waals surface area contributed by atoms with Crippen LogP contribution in [0.4, 0.5) is 5.69 Å². The van der Waals surface area contributed by atoms with Crippen LogP contribution in [0.1, 0.15) is 16.1 Å². The SMILES string of the molecule is O=C(O)c1cc2cc(NCc3ccc(Cl)c(Cl)c3)ccc2[nH]1. The Morgan fingerprint density at radius 3 is 2.64 bits per heavy atom. The Labute approximate surface area is 136 Å². The first-order chi connectivity index (χ1) is 10.5. The van der Waals surface area contributed by atoms with Gasteiger partial charge in [0, 0.05) is 23.1 Å². The normalized spacial score (nSPS) is 10.8. The third kappa shape index (κ3) is 3.03. The fourth-order valence-electron chi connectivity index (χ4n) is 2.21. The molecule has 0 amide bonds. The summed E-state index contributed by atoms with van der Waals surface area (Å²) in [5.41, 5.74) is 2.87. The molecule has 0 fully saturated rings. The maximum Gasteiger partial charge on any atom is 0.352 e. The summed E-state index contributed by atoms with van der Waals surface area (Å²) in [6.45, 7) is 0.596. The molecule has 0 radical (unpaired) electrons. The number of rotatable bonds is 4. The first-order valence-electron chi connectivity index (χ1n) is 6.57. The second-order valence-corrected chi connectivity index (χ2v) is 5.71. The number of aromatic amines is 1. The van der Waals surface area contributed by atoms with Crippen molar-refractivity contribution in [1.82, 2.24) is 4.98 Å². The Bertz CT molecular complexity index is 858. The quantitative estimate of drug-likeness (QED) is 0.642. The number of carbonyl (C=O) groups is 1. The van der Waals surface area contributed by atoms with E-state index in [4.69, 9.17) is 28.3 Å². The van der Waals surface area contributed by atoms with Crippen molar-refractivity contribution >= 4 is 45.8 Å². The molecule has 112 valence electrons. The predicted molar refractivity (Wildman–Crippen MR) is 89.0 cm³/mol. The van der Waals surface area contributed by atoms with E-state index in [1.807, 2.05) is 30.3 Å². The van der Waals surface area contributed by atoms with Crippen molar-refractivity contribution in [2.24, 2.45) is 0 Å². The summed E-state index contributed by atoms with van der Waals surface area (Å²) < 4.78 is 0. The fourth-order valence-corrected chi connectivity index (χ4v) is 2.53. The number of carboxylic acid groups (broad SMARTS) is 1. The van der Waals surface area contributed by atoms with E-state index in [9.17, 15) is 4.79 Å². The predicted octanol–water partition coefficient (Wildman–Crippen LogP) is 4.79. The molecule has 0 unspecified atom stereocenters. The van der Waals surface area contributed by atoms with Gasteiger partial charge in [-0.3, -0.25) is 0 Å². The van der Waals surface area contributed by atoms with Gasteiger partial charge in [-0.2, -0.15) is 0 Å². The van der Waals surface area contributed by atoms with Gasteiger partial charge in [-0.25, -0.2) is 4.79 Å². The number of benzene rings is 2. The zero-order valence-corrected chi connectivity index (χ0v) is 12.9. The summed E-state index contributed by atoms with van der Waals surface area (Å²) in [5, 5.41) is 14.2. The summed E-state index contributed by atoms with van der Waals surface area (Å²) in [5.74, 6) is -0.971. The molecular weight excluding hydrogens is 323 g/mol. The summed E-state index contributed by atoms with van der Waals surface area (Å²) in [6, 6.07) is 12.7. The maximum absolute atomic E-state index is 11.0. The van der Waals surface area contributed by atoms with Gasteiger partial charge in [0.2, 0.25) is 0 Å². The number of nitrogens with one attached hydrogen (secondary N) is 2. The smallest absolute Gasteiger partial charge is 0.352 e. The standard InChI is InChI=1S/C16H12Cl2N2O2/c17-12-3-1-9(5-13(12)18)8-19-11-2-4-14-10(6-11)7-15(20-14)16(21)22/h1-7,19-20H,8H2,(H,21,22). The molecule has 22 heavy (non-hydrogen) atoms. The third-order valence-corrected chi connectivity index (χ3v) is 4.07. The van der Waals surface area contributed by atoms with Gasteiger partial charge in [0.1, 0.15) is 5.69 Å². The van der Waals surface area contributed by atoms with Gasteiger partial charge >= 0.3 is 5.97 Å². The first-order valence-corrected chi connectivity index (χ1v) is 7.32. The van der Waals surface area contributed by atoms with E-state index < -0.39 is 5.97 Å². The van der Waals surface area contributed by atoms with Gasteiger partial charge < -0.3 is 15.4 Å². The van der Waals surface area contributed by atoms with E-state index in [1.54, 1.807) is 12.1 Å². The van der Waals surface area contributed by atoms with Crippen LogP contribution in [0.2, 0.25) is 10.0 Å². The number of hydrogen-bond donors (Lipinski definition) is 3. The minimum Gasteiger partial charge on any atom is -0.477 e. The average Bonchev–Trinajstić information content (AvgIpc) is 2.92. The topological polar surface area (TPSA) is 65.1 Å². The highest BCUT2D eigenvalue weighted by atomic mass is 35.5. The number of aromatic carboxylic acids is 1. The second kappa shape index (κ2) is 5.91. The van der Waals surface area contributed by atoms with E-state index in [0.29, 0.717) is 16.6 Å². The Kier molecular flexibility index (Phi) is 3.96. The van der Waals surface area contributed by atoms with Crippen LogP contribution in [0.3, 0.4) is 0 Å². The van der Waals surface area contributed by atoms with Crippen molar-refractivity contribution in [3.8, 4) is 0 Å². The van der Waals surface area contributed by atoms with Gasteiger partial charge in [-0.1, -0.05) is 29.3 Å². The Morgan fingerprint density at radius 2 is 1.91 bits per heavy atom. The second-order valence-electron chi connectivity index (χ2n) is 4.89. The molecule has 2 aromatic carbocycles. The monoisotopic (exact) mass is 334 g/mol. The number of anilines is 1. The lowest BCUT2D eigenvalue weighted by molar-refractivity contribution is 0.0691. The lowest BCUT2D eigenvalue weighted by atomic mass is 10.2. The first kappa shape index (κ1) is 14.8. The molecule has 0 aliphatic heterocycles. The average molecular weight is 335 g/mol. The van der Waals surface area contributed by atoms with Crippen LogP contribution < -0.4 is 5.32 Å². The van der Waals surface area contributed by atoms with E-state index in [-0.39, 0.29) is 5.69 Å². The van der Waals surface area contributed by atoms with Crippen molar-refractivity contribution in [2.75, 3.05) is 5.32 Å². The highest BCUT2D eigenvalue weighted by molar-refractivity contribution is 6.42. The molecule has 1 aromatic heterocycles. The van der Waals surface area contributed by atoms with Gasteiger partial charge in [0.25, 0.3) is 0 Å². The molecule has 0 bridgehead atoms. The molecule has 0 aliphatic rings. The third-order valence-electron chi connectivity index (χ3n) is 3.33. The molecule has 4 nitrogen and oxygen atoms in total. The lowest BCUT2D eigenvalue weighted by Gasteiger charge is -2.07. The number of fused-ring (bicyclic) bond motifs is 1. The van der Waals surface area contributed by atoms with Crippen LogP contribution in [-0.4, -0.2) is 16.1 Å². The molecule has 0 saturated carbocycles. The van der Waals surface area contributed by atoms with Crippen molar-refractivity contribution in [2.45, 2.75) is 6.54 Å². The molecule has 0 aliphatic carbocycles. The van der Waals surface area contributed by atoms with E-state index in [0.717, 1.165) is 22.2 Å². The summed E-state index contributed by atoms with van der Waals surface area (Å²) in [4.78, 5) is 13.8. The molecule has 3 rings (SSSR count). The van der Waals surface area contributed by atoms with Crippen LogP contribution in [0, 0.1) is 0 Å². The Hall–Kier alpha value is -2.17. The minimum absolute atomic E-state index is 0.177. The van der Waals surface area contributed by atoms with E-state index >= 15 is 0 Å². The van der Waals surface area contributed by atoms with Gasteiger partial charge in [0.05, 0.1) is 10.0 Å². The van der Waals surface area contributed by atoms with Crippen LogP contribution in [0.5, 0.6) is 0 Å². The van der Waals surface area contributed by atoms with Crippen molar-refractivity contribution in [3.63, 3.8) is 0 Å². The molecule has 3 N–H and O–H groups in total. The van der Waals surface area contributed by atoms with Crippen molar-refractivity contribution in [1.29, 1.82) is 0 Å². The molecular formula is C16H12Cl2N2O2. The Balaban J connectivity index is 1.78. The molecule has 0 saturated heterocycles. The number of H-pyrrole nitrogens is 1. The van der Waals surface area contributed by atoms with Gasteiger partial charge in [-0.15, -0.1) is 0 Å². The van der Waals surface area contributed by atoms with Gasteiger partial charge in [0.15, 0.2) is 0 Å². The van der Waals surface area contributed by atoms with Crippen LogP contribution in [0.15, 0.2) is 42.5 Å². The van der Waals surface area contributed by atoms with E-state index in [2.05, 4.69) is 10.3 Å². The Morgan fingerprint density at radius 1 is 1.09 bits per heavy atom. The van der Waals surface area contributed by atoms with Crippen LogP contribution in [0.25, 0.3) is 10.9 Å². The van der Waals surface area contributed by atoms with Crippen LogP contribution >= 0.6 is 23.2 Å². The fraction of sp³-hybridized carbons (Fsp3) is 0.0625. The van der Waals surface area contributed by atoms with E-state index in [1.165, 1.54) is 0 Å². The lowest BCUT2D eigenvalue weighted by Crippen LogP contribution is -1.99. The number of hydrogen-bond acceptors (Lipinski definition) is 2. The molecule has 1 heterocycles. The highest BCUT2D eigenvalue weighted by Gasteiger charge is 2.07. The van der Waals surface area contributed by atoms with Crippen molar-refractivity contribution < 1.29 is 9.90 Å². The molecule has 6 heteroatoms. The van der Waals surface area contributed by atoms with Crippen molar-refractivity contribution in [3.05, 3.63) is 63.8 Å². The molecule has 3 aromatic rings. The van der Waals surface area contributed by atoms with Crippen LogP contribution in [-0.2, 0) is 6.54 Å². The van der Waals surface area contributed by atoms with Gasteiger partial charge in [-0.05, 0) is 42.0 Å². The molecule has 0 atom stereocenters. The maximum atomic E-state index is 11.0. The largest absolute Gasteiger partial charge is 0.477 e. The number of halogens is 2. The molecule has 0 spiro atoms. The number of aromatic nitrogens is 1. The summed E-state index contributed by atoms with van der Waals surface area (Å²) in [6.07, 6.45) is 0. The zero-order chi connectivity index (χ0) is 15.7. The summed E-state index contributed by atoms with van der Waals surface area (Å²) in [7, 11) is 0. The summed E-state index contributed by atoms with van der Waals surface area (Å²) >= 11 is 11.9. The number of carboxylic acids is 1.